The maximum Gasteiger partial charge on any atom is 0.237 e. The second kappa shape index (κ2) is 5.38. The van der Waals surface area contributed by atoms with Crippen LogP contribution in [-0.4, -0.2) is 41.0 Å². The Hall–Kier alpha value is -0.280. The van der Waals surface area contributed by atoms with Gasteiger partial charge in [0.1, 0.15) is 5.88 Å². The molecular weight excluding hydrogens is 166 g/mol. The number of nitrogens with zero attached hydrogens (tertiary/aromatic N) is 1. The van der Waals surface area contributed by atoms with Crippen molar-refractivity contribution in [1.82, 2.24) is 4.90 Å². The van der Waals surface area contributed by atoms with E-state index in [1.807, 2.05) is 6.92 Å². The lowest BCUT2D eigenvalue weighted by molar-refractivity contribution is -0.131. The molecule has 0 heterocycles. The van der Waals surface area contributed by atoms with Gasteiger partial charge in [0, 0.05) is 6.54 Å². The molecule has 0 bridgehead atoms. The van der Waals surface area contributed by atoms with Crippen molar-refractivity contribution in [3.8, 4) is 0 Å². The highest BCUT2D eigenvalue weighted by molar-refractivity contribution is 6.27. The summed E-state index contributed by atoms with van der Waals surface area (Å²) in [7, 11) is 0. The molecule has 0 radical (unpaired) electrons. The van der Waals surface area contributed by atoms with Crippen LogP contribution in [-0.2, 0) is 4.79 Å². The molecule has 0 aromatic heterocycles. The summed E-state index contributed by atoms with van der Waals surface area (Å²) in [4.78, 5) is 12.6. The number of aliphatic hydroxyl groups excluding tert-OH is 1. The fraction of sp³-hybridized carbons (Fsp3) is 0.857. The van der Waals surface area contributed by atoms with Crippen LogP contribution in [0.2, 0.25) is 0 Å². The Bertz CT molecular complexity index is 130. The predicted octanol–water partition coefficient (Wildman–Crippen LogP) is 0.454. The van der Waals surface area contributed by atoms with Crippen molar-refractivity contribution >= 4 is 17.5 Å². The number of carbonyl (C=O) groups excluding carboxylic acids is 1. The van der Waals surface area contributed by atoms with Gasteiger partial charge in [-0.25, -0.2) is 0 Å². The molecule has 0 fully saturated rings. The molecule has 1 N–H and O–H groups in total. The minimum absolute atomic E-state index is 0.0157. The van der Waals surface area contributed by atoms with Crippen LogP contribution >= 0.6 is 11.6 Å². The Morgan fingerprint density at radius 2 is 2.27 bits per heavy atom. The normalized spacial score (nSPS) is 12.7. The lowest BCUT2D eigenvalue weighted by atomic mass is 10.3. The van der Waals surface area contributed by atoms with E-state index < -0.39 is 0 Å². The third-order valence-corrected chi connectivity index (χ3v) is 1.80. The molecule has 0 rings (SSSR count). The average Bonchev–Trinajstić information content (AvgIpc) is 2.05. The molecule has 0 spiro atoms. The highest BCUT2D eigenvalue weighted by atomic mass is 35.5. The highest BCUT2D eigenvalue weighted by Crippen LogP contribution is 1.99. The largest absolute Gasteiger partial charge is 0.394 e. The number of hydrogen-bond acceptors (Lipinski definition) is 2. The summed E-state index contributed by atoms with van der Waals surface area (Å²) in [6, 6.07) is -0.133. The first kappa shape index (κ1) is 10.7. The quantitative estimate of drug-likeness (QED) is 0.637. The van der Waals surface area contributed by atoms with E-state index in [4.69, 9.17) is 16.7 Å². The van der Waals surface area contributed by atoms with Crippen LogP contribution in [0.25, 0.3) is 0 Å². The number of hydrogen-bond donors (Lipinski definition) is 1. The maximum absolute atomic E-state index is 11.0. The fourth-order valence-corrected chi connectivity index (χ4v) is 1.06. The van der Waals surface area contributed by atoms with Crippen LogP contribution in [0.15, 0.2) is 0 Å². The standard InChI is InChI=1S/C7H14ClNO2/c1-3-9(6(2)5-10)7(11)4-8/h6,10H,3-5H2,1-2H3/t6-/m0/s1. The molecule has 1 atom stereocenters. The molecule has 66 valence electrons. The third kappa shape index (κ3) is 3.08. The maximum atomic E-state index is 11.0. The highest BCUT2D eigenvalue weighted by Gasteiger charge is 2.15. The van der Waals surface area contributed by atoms with Gasteiger partial charge in [-0.1, -0.05) is 0 Å². The zero-order valence-corrected chi connectivity index (χ0v) is 7.64. The average molecular weight is 180 g/mol. The van der Waals surface area contributed by atoms with Gasteiger partial charge in [0.15, 0.2) is 0 Å². The van der Waals surface area contributed by atoms with E-state index in [-0.39, 0.29) is 24.4 Å². The van der Waals surface area contributed by atoms with E-state index in [0.717, 1.165) is 0 Å². The van der Waals surface area contributed by atoms with Crippen molar-refractivity contribution in [2.75, 3.05) is 19.0 Å². The topological polar surface area (TPSA) is 40.5 Å². The van der Waals surface area contributed by atoms with Crippen molar-refractivity contribution in [2.45, 2.75) is 19.9 Å². The number of amides is 1. The minimum Gasteiger partial charge on any atom is -0.394 e. The van der Waals surface area contributed by atoms with Gasteiger partial charge in [0.05, 0.1) is 12.6 Å². The fourth-order valence-electron chi connectivity index (χ4n) is 0.909. The zero-order chi connectivity index (χ0) is 8.85. The van der Waals surface area contributed by atoms with Gasteiger partial charge >= 0.3 is 0 Å². The van der Waals surface area contributed by atoms with E-state index in [1.54, 1.807) is 11.8 Å². The molecule has 0 aromatic carbocycles. The van der Waals surface area contributed by atoms with Crippen LogP contribution in [0.5, 0.6) is 0 Å². The monoisotopic (exact) mass is 179 g/mol. The number of aliphatic hydroxyl groups is 1. The Morgan fingerprint density at radius 1 is 1.73 bits per heavy atom. The van der Waals surface area contributed by atoms with Gasteiger partial charge in [-0.2, -0.15) is 0 Å². The Labute approximate surface area is 71.9 Å². The van der Waals surface area contributed by atoms with E-state index in [2.05, 4.69) is 0 Å². The Kier molecular flexibility index (Phi) is 5.24. The summed E-state index contributed by atoms with van der Waals surface area (Å²) in [5, 5.41) is 8.74. The molecule has 3 nitrogen and oxygen atoms in total. The molecule has 0 unspecified atom stereocenters. The molecule has 4 heteroatoms. The number of likely N-dealkylation sites (N-methyl/N-ethyl adjacent to an activating group) is 1. The van der Waals surface area contributed by atoms with Crippen LogP contribution in [0.1, 0.15) is 13.8 Å². The van der Waals surface area contributed by atoms with Gasteiger partial charge < -0.3 is 10.0 Å². The second-order valence-corrected chi connectivity index (χ2v) is 2.61. The number of rotatable bonds is 4. The molecule has 0 aliphatic heterocycles. The summed E-state index contributed by atoms with van der Waals surface area (Å²) in [5.74, 6) is -0.145. The van der Waals surface area contributed by atoms with Gasteiger partial charge in [0.2, 0.25) is 5.91 Å². The lowest BCUT2D eigenvalue weighted by Gasteiger charge is -2.25. The number of carbonyl (C=O) groups is 1. The van der Waals surface area contributed by atoms with Crippen molar-refractivity contribution in [1.29, 1.82) is 0 Å². The first-order valence-electron chi connectivity index (χ1n) is 3.63. The molecular formula is C7H14ClNO2. The predicted molar refractivity (Wildman–Crippen MR) is 44.7 cm³/mol. The summed E-state index contributed by atoms with van der Waals surface area (Å²) in [5.41, 5.74) is 0. The number of halogens is 1. The minimum atomic E-state index is -0.133. The molecule has 0 saturated heterocycles. The smallest absolute Gasteiger partial charge is 0.237 e. The summed E-state index contributed by atoms with van der Waals surface area (Å²) < 4.78 is 0. The summed E-state index contributed by atoms with van der Waals surface area (Å²) in [6.45, 7) is 4.22. The van der Waals surface area contributed by atoms with Gasteiger partial charge in [-0.15, -0.1) is 11.6 Å². The van der Waals surface area contributed by atoms with E-state index >= 15 is 0 Å². The molecule has 0 aliphatic rings. The second-order valence-electron chi connectivity index (χ2n) is 2.34. The molecule has 0 aliphatic carbocycles. The summed E-state index contributed by atoms with van der Waals surface area (Å²) >= 11 is 5.35. The first-order valence-corrected chi connectivity index (χ1v) is 4.17. The third-order valence-electron chi connectivity index (χ3n) is 1.57. The van der Waals surface area contributed by atoms with E-state index in [9.17, 15) is 4.79 Å². The molecule has 0 aromatic rings. The van der Waals surface area contributed by atoms with Gasteiger partial charge in [-0.05, 0) is 13.8 Å². The van der Waals surface area contributed by atoms with E-state index in [0.29, 0.717) is 6.54 Å². The van der Waals surface area contributed by atoms with Crippen molar-refractivity contribution in [3.05, 3.63) is 0 Å². The molecule has 0 saturated carbocycles. The van der Waals surface area contributed by atoms with Crippen LogP contribution in [0.4, 0.5) is 0 Å². The number of alkyl halides is 1. The zero-order valence-electron chi connectivity index (χ0n) is 6.88. The lowest BCUT2D eigenvalue weighted by Crippen LogP contribution is -2.41. The van der Waals surface area contributed by atoms with E-state index in [1.165, 1.54) is 0 Å². The Morgan fingerprint density at radius 3 is 2.55 bits per heavy atom. The summed E-state index contributed by atoms with van der Waals surface area (Å²) in [6.07, 6.45) is 0. The Balaban J connectivity index is 4.03. The van der Waals surface area contributed by atoms with Crippen molar-refractivity contribution in [3.63, 3.8) is 0 Å². The van der Waals surface area contributed by atoms with Gasteiger partial charge in [0.25, 0.3) is 0 Å². The van der Waals surface area contributed by atoms with Crippen molar-refractivity contribution < 1.29 is 9.90 Å². The van der Waals surface area contributed by atoms with Crippen molar-refractivity contribution in [2.24, 2.45) is 0 Å². The van der Waals surface area contributed by atoms with Gasteiger partial charge in [-0.3, -0.25) is 4.79 Å². The molecule has 1 amide bonds. The first-order chi connectivity index (χ1) is 5.17. The van der Waals surface area contributed by atoms with Crippen LogP contribution in [0, 0.1) is 0 Å². The van der Waals surface area contributed by atoms with Crippen LogP contribution in [0.3, 0.4) is 0 Å². The van der Waals surface area contributed by atoms with Crippen LogP contribution < -0.4 is 0 Å². The molecule has 11 heavy (non-hydrogen) atoms. The SMILES string of the molecule is CCN(C(=O)CCl)[C@@H](C)CO.